The SMILES string of the molecule is N#CN1CCCN1C(=O)CC1=CC=CC(F)C=C1. The Morgan fingerprint density at radius 1 is 1.50 bits per heavy atom. The van der Waals surface area contributed by atoms with Crippen LogP contribution in [0.2, 0.25) is 0 Å². The molecule has 0 aromatic rings. The van der Waals surface area contributed by atoms with Crippen molar-refractivity contribution in [3.63, 3.8) is 0 Å². The van der Waals surface area contributed by atoms with Crippen LogP contribution in [0, 0.1) is 11.5 Å². The fourth-order valence-electron chi connectivity index (χ4n) is 1.98. The van der Waals surface area contributed by atoms with Crippen molar-refractivity contribution in [1.82, 2.24) is 10.0 Å². The lowest BCUT2D eigenvalue weighted by Crippen LogP contribution is -2.38. The minimum absolute atomic E-state index is 0.129. The summed E-state index contributed by atoms with van der Waals surface area (Å²) in [7, 11) is 0. The molecule has 0 radical (unpaired) electrons. The van der Waals surface area contributed by atoms with Crippen molar-refractivity contribution in [3.8, 4) is 6.19 Å². The standard InChI is InChI=1S/C13H14FN3O/c14-12-4-1-3-11(5-6-12)9-13(18)17-8-2-7-16(17)10-15/h1,3-6,12H,2,7-9H2. The van der Waals surface area contributed by atoms with E-state index in [0.29, 0.717) is 13.1 Å². The van der Waals surface area contributed by atoms with Gasteiger partial charge in [0.1, 0.15) is 6.17 Å². The fraction of sp³-hybridized carbons (Fsp3) is 0.385. The second-order valence-electron chi connectivity index (χ2n) is 4.20. The van der Waals surface area contributed by atoms with E-state index in [-0.39, 0.29) is 12.3 Å². The lowest BCUT2D eigenvalue weighted by atomic mass is 10.1. The molecule has 0 aromatic carbocycles. The van der Waals surface area contributed by atoms with Crippen LogP contribution >= 0.6 is 0 Å². The average Bonchev–Trinajstić information content (AvgIpc) is 2.75. The highest BCUT2D eigenvalue weighted by Gasteiger charge is 2.25. The van der Waals surface area contributed by atoms with Crippen LogP contribution in [-0.2, 0) is 4.79 Å². The van der Waals surface area contributed by atoms with Gasteiger partial charge in [0.05, 0.1) is 13.0 Å². The molecule has 1 aliphatic heterocycles. The third-order valence-corrected chi connectivity index (χ3v) is 2.89. The van der Waals surface area contributed by atoms with E-state index in [1.165, 1.54) is 22.2 Å². The largest absolute Gasteiger partial charge is 0.273 e. The number of allylic oxidation sites excluding steroid dienone is 5. The van der Waals surface area contributed by atoms with Gasteiger partial charge < -0.3 is 0 Å². The molecule has 1 atom stereocenters. The van der Waals surface area contributed by atoms with Gasteiger partial charge in [-0.05, 0) is 24.1 Å². The van der Waals surface area contributed by atoms with Gasteiger partial charge in [-0.25, -0.2) is 14.4 Å². The van der Waals surface area contributed by atoms with E-state index < -0.39 is 6.17 Å². The number of alkyl halides is 1. The number of carbonyl (C=O) groups excluding carboxylic acids is 1. The van der Waals surface area contributed by atoms with Gasteiger partial charge in [-0.15, -0.1) is 0 Å². The first-order valence-corrected chi connectivity index (χ1v) is 5.88. The summed E-state index contributed by atoms with van der Waals surface area (Å²) in [5.41, 5.74) is 0.751. The number of nitrogens with zero attached hydrogens (tertiary/aromatic N) is 3. The van der Waals surface area contributed by atoms with E-state index in [1.807, 2.05) is 6.19 Å². The van der Waals surface area contributed by atoms with Crippen LogP contribution in [0.3, 0.4) is 0 Å². The topological polar surface area (TPSA) is 47.3 Å². The fourth-order valence-corrected chi connectivity index (χ4v) is 1.98. The molecule has 1 heterocycles. The number of rotatable bonds is 2. The van der Waals surface area contributed by atoms with Crippen molar-refractivity contribution in [2.45, 2.75) is 19.0 Å². The van der Waals surface area contributed by atoms with Crippen molar-refractivity contribution in [1.29, 1.82) is 5.26 Å². The molecule has 5 heteroatoms. The first-order chi connectivity index (χ1) is 8.70. The number of amides is 1. The van der Waals surface area contributed by atoms with E-state index in [4.69, 9.17) is 5.26 Å². The van der Waals surface area contributed by atoms with E-state index in [0.717, 1.165) is 12.0 Å². The van der Waals surface area contributed by atoms with Crippen molar-refractivity contribution >= 4 is 5.91 Å². The number of hydrogen-bond donors (Lipinski definition) is 0. The van der Waals surface area contributed by atoms with Gasteiger partial charge in [0, 0.05) is 6.54 Å². The predicted octanol–water partition coefficient (Wildman–Crippen LogP) is 1.70. The molecule has 0 bridgehead atoms. The highest BCUT2D eigenvalue weighted by atomic mass is 19.1. The van der Waals surface area contributed by atoms with Gasteiger partial charge in [-0.3, -0.25) is 4.79 Å². The zero-order chi connectivity index (χ0) is 13.0. The Hall–Kier alpha value is -2.09. The summed E-state index contributed by atoms with van der Waals surface area (Å²) < 4.78 is 13.0. The Labute approximate surface area is 105 Å². The van der Waals surface area contributed by atoms with Gasteiger partial charge in [0.15, 0.2) is 6.19 Å². The summed E-state index contributed by atoms with van der Waals surface area (Å²) in [5, 5.41) is 11.7. The van der Waals surface area contributed by atoms with Crippen LogP contribution in [0.1, 0.15) is 12.8 Å². The maximum absolute atomic E-state index is 13.0. The summed E-state index contributed by atoms with van der Waals surface area (Å²) in [6, 6.07) is 0. The second-order valence-corrected chi connectivity index (χ2v) is 4.20. The third-order valence-electron chi connectivity index (χ3n) is 2.89. The smallest absolute Gasteiger partial charge is 0.246 e. The molecule has 1 aliphatic carbocycles. The van der Waals surface area contributed by atoms with Crippen molar-refractivity contribution < 1.29 is 9.18 Å². The summed E-state index contributed by atoms with van der Waals surface area (Å²) in [4.78, 5) is 12.0. The molecular weight excluding hydrogens is 233 g/mol. The minimum Gasteiger partial charge on any atom is -0.273 e. The Bertz CT molecular complexity index is 461. The number of hydrazine groups is 1. The lowest BCUT2D eigenvalue weighted by molar-refractivity contribution is -0.138. The summed E-state index contributed by atoms with van der Waals surface area (Å²) in [6.07, 6.45) is 9.66. The third kappa shape index (κ3) is 2.77. The first-order valence-electron chi connectivity index (χ1n) is 5.88. The Morgan fingerprint density at radius 3 is 3.11 bits per heavy atom. The number of nitriles is 1. The van der Waals surface area contributed by atoms with Gasteiger partial charge in [0.2, 0.25) is 5.91 Å². The van der Waals surface area contributed by atoms with Crippen molar-refractivity contribution in [3.05, 3.63) is 36.0 Å². The predicted molar refractivity (Wildman–Crippen MR) is 64.5 cm³/mol. The van der Waals surface area contributed by atoms with Gasteiger partial charge >= 0.3 is 0 Å². The van der Waals surface area contributed by atoms with E-state index >= 15 is 0 Å². The molecule has 4 nitrogen and oxygen atoms in total. The lowest BCUT2D eigenvalue weighted by Gasteiger charge is -2.22. The average molecular weight is 247 g/mol. The molecule has 0 aromatic heterocycles. The van der Waals surface area contributed by atoms with Crippen LogP contribution in [-0.4, -0.2) is 35.2 Å². The van der Waals surface area contributed by atoms with Crippen LogP contribution in [0.4, 0.5) is 4.39 Å². The molecule has 18 heavy (non-hydrogen) atoms. The molecule has 1 saturated heterocycles. The summed E-state index contributed by atoms with van der Waals surface area (Å²) in [5.74, 6) is -0.129. The monoisotopic (exact) mass is 247 g/mol. The maximum atomic E-state index is 13.0. The molecule has 0 spiro atoms. The quantitative estimate of drug-likeness (QED) is 0.698. The van der Waals surface area contributed by atoms with Crippen LogP contribution in [0.5, 0.6) is 0 Å². The molecule has 2 rings (SSSR count). The molecule has 94 valence electrons. The van der Waals surface area contributed by atoms with Crippen molar-refractivity contribution in [2.24, 2.45) is 0 Å². The Kier molecular flexibility index (Phi) is 3.78. The zero-order valence-corrected chi connectivity index (χ0v) is 9.92. The second kappa shape index (κ2) is 5.50. The molecule has 1 unspecified atom stereocenters. The highest BCUT2D eigenvalue weighted by Crippen LogP contribution is 2.16. The molecule has 1 fully saturated rings. The minimum atomic E-state index is -1.10. The van der Waals surface area contributed by atoms with Crippen LogP contribution in [0.25, 0.3) is 0 Å². The number of carbonyl (C=O) groups is 1. The van der Waals surface area contributed by atoms with Gasteiger partial charge in [0.25, 0.3) is 0 Å². The van der Waals surface area contributed by atoms with E-state index in [2.05, 4.69) is 0 Å². The van der Waals surface area contributed by atoms with Crippen LogP contribution < -0.4 is 0 Å². The summed E-state index contributed by atoms with van der Waals surface area (Å²) >= 11 is 0. The molecule has 0 saturated carbocycles. The zero-order valence-electron chi connectivity index (χ0n) is 9.92. The summed E-state index contributed by atoms with van der Waals surface area (Å²) in [6.45, 7) is 1.16. The first kappa shape index (κ1) is 12.4. The van der Waals surface area contributed by atoms with Gasteiger partial charge in [-0.1, -0.05) is 18.2 Å². The molecular formula is C13H14FN3O. The molecule has 0 N–H and O–H groups in total. The Morgan fingerprint density at radius 2 is 2.33 bits per heavy atom. The number of hydrogen-bond acceptors (Lipinski definition) is 3. The maximum Gasteiger partial charge on any atom is 0.246 e. The van der Waals surface area contributed by atoms with Crippen LogP contribution in [0.15, 0.2) is 36.0 Å². The normalized spacial score (nSPS) is 22.7. The highest BCUT2D eigenvalue weighted by molar-refractivity contribution is 5.79. The Balaban J connectivity index is 2.00. The van der Waals surface area contributed by atoms with Gasteiger partial charge in [-0.2, -0.15) is 5.26 Å². The van der Waals surface area contributed by atoms with E-state index in [9.17, 15) is 9.18 Å². The van der Waals surface area contributed by atoms with E-state index in [1.54, 1.807) is 18.2 Å². The molecule has 2 aliphatic rings. The molecule has 1 amide bonds. The van der Waals surface area contributed by atoms with Crippen molar-refractivity contribution in [2.75, 3.05) is 13.1 Å². The number of halogens is 1.